The van der Waals surface area contributed by atoms with Crippen molar-refractivity contribution < 1.29 is 9.47 Å². The highest BCUT2D eigenvalue weighted by Gasteiger charge is 2.14. The molecule has 1 aliphatic carbocycles. The van der Waals surface area contributed by atoms with Gasteiger partial charge in [0.25, 0.3) is 0 Å². The number of methoxy groups -OCH3 is 2. The number of hydrogen-bond acceptors (Lipinski definition) is 5. The first-order valence-electron chi connectivity index (χ1n) is 9.00. The fourth-order valence-electron chi connectivity index (χ4n) is 2.97. The van der Waals surface area contributed by atoms with Crippen molar-refractivity contribution in [1.29, 1.82) is 0 Å². The first-order valence-corrected chi connectivity index (χ1v) is 9.88. The molecule has 1 aliphatic rings. The fourth-order valence-corrected chi connectivity index (χ4v) is 3.81. The Balaban J connectivity index is 2.05. The van der Waals surface area contributed by atoms with E-state index in [-0.39, 0.29) is 0 Å². The summed E-state index contributed by atoms with van der Waals surface area (Å²) < 4.78 is 12.8. The van der Waals surface area contributed by atoms with E-state index < -0.39 is 0 Å². The van der Waals surface area contributed by atoms with Crippen LogP contribution in [-0.4, -0.2) is 31.7 Å². The molecule has 1 unspecified atom stereocenters. The maximum Gasteiger partial charge on any atom is 0.206 e. The lowest BCUT2D eigenvalue weighted by atomic mass is 9.96. The van der Waals surface area contributed by atoms with Gasteiger partial charge >= 0.3 is 0 Å². The third-order valence-corrected chi connectivity index (χ3v) is 5.28. The molecule has 0 spiro atoms. The van der Waals surface area contributed by atoms with Gasteiger partial charge in [0.15, 0.2) is 0 Å². The number of ether oxygens (including phenoxy) is 2. The summed E-state index contributed by atoms with van der Waals surface area (Å²) in [6.07, 6.45) is 11.6. The molecule has 1 aromatic carbocycles. The first kappa shape index (κ1) is 19.2. The third kappa shape index (κ3) is 4.57. The van der Waals surface area contributed by atoms with Gasteiger partial charge < -0.3 is 9.47 Å². The summed E-state index contributed by atoms with van der Waals surface area (Å²) in [7, 11) is 3.31. The Morgan fingerprint density at radius 3 is 2.89 bits per heavy atom. The Bertz CT molecular complexity index is 908. The van der Waals surface area contributed by atoms with E-state index in [1.165, 1.54) is 0 Å². The standard InChI is InChI=1S/C21H25N3O2S/c1-4-12-22-21-24(23-14-16-8-6-5-7-9-16)19(15-27-21)18-11-10-17(25-2)13-20(18)26-3/h4-6,10-11,13-16H,1,7-9,12H2,2-3H3. The van der Waals surface area contributed by atoms with Crippen LogP contribution >= 0.6 is 11.3 Å². The summed E-state index contributed by atoms with van der Waals surface area (Å²) in [6.45, 7) is 4.31. The van der Waals surface area contributed by atoms with Crippen LogP contribution in [0.15, 0.2) is 58.5 Å². The molecule has 0 N–H and O–H groups in total. The van der Waals surface area contributed by atoms with Crippen molar-refractivity contribution in [3.05, 3.63) is 53.2 Å². The highest BCUT2D eigenvalue weighted by atomic mass is 32.1. The molecule has 142 valence electrons. The molecule has 0 amide bonds. The van der Waals surface area contributed by atoms with Crippen LogP contribution in [0.25, 0.3) is 11.3 Å². The highest BCUT2D eigenvalue weighted by molar-refractivity contribution is 7.07. The summed E-state index contributed by atoms with van der Waals surface area (Å²) in [5, 5.41) is 6.85. The van der Waals surface area contributed by atoms with E-state index in [1.807, 2.05) is 29.1 Å². The van der Waals surface area contributed by atoms with Gasteiger partial charge in [-0.15, -0.1) is 17.9 Å². The number of benzene rings is 1. The monoisotopic (exact) mass is 383 g/mol. The average Bonchev–Trinajstić information content (AvgIpc) is 3.13. The van der Waals surface area contributed by atoms with Gasteiger partial charge in [-0.3, -0.25) is 4.99 Å². The van der Waals surface area contributed by atoms with Crippen LogP contribution in [0.4, 0.5) is 0 Å². The van der Waals surface area contributed by atoms with Gasteiger partial charge in [-0.1, -0.05) is 18.2 Å². The zero-order valence-corrected chi connectivity index (χ0v) is 16.6. The maximum atomic E-state index is 5.59. The number of thiazole rings is 1. The van der Waals surface area contributed by atoms with Crippen LogP contribution in [0.2, 0.25) is 0 Å². The van der Waals surface area contributed by atoms with E-state index in [4.69, 9.17) is 14.6 Å². The molecule has 0 radical (unpaired) electrons. The highest BCUT2D eigenvalue weighted by Crippen LogP contribution is 2.33. The normalized spacial score (nSPS) is 17.4. The van der Waals surface area contributed by atoms with Gasteiger partial charge in [0.1, 0.15) is 11.5 Å². The molecule has 1 heterocycles. The Morgan fingerprint density at radius 2 is 2.19 bits per heavy atom. The van der Waals surface area contributed by atoms with E-state index in [0.29, 0.717) is 12.5 Å². The van der Waals surface area contributed by atoms with Crippen LogP contribution in [-0.2, 0) is 0 Å². The van der Waals surface area contributed by atoms with Gasteiger partial charge in [-0.05, 0) is 37.3 Å². The summed E-state index contributed by atoms with van der Waals surface area (Å²) >= 11 is 1.56. The average molecular weight is 384 g/mol. The lowest BCUT2D eigenvalue weighted by Gasteiger charge is -2.13. The minimum absolute atomic E-state index is 0.459. The summed E-state index contributed by atoms with van der Waals surface area (Å²) in [5.41, 5.74) is 1.90. The molecule has 5 nitrogen and oxygen atoms in total. The van der Waals surface area contributed by atoms with Crippen LogP contribution < -0.4 is 14.3 Å². The number of allylic oxidation sites excluding steroid dienone is 2. The zero-order valence-electron chi connectivity index (χ0n) is 15.8. The van der Waals surface area contributed by atoms with Crippen LogP contribution in [0.1, 0.15) is 19.3 Å². The number of nitrogens with zero attached hydrogens (tertiary/aromatic N) is 3. The van der Waals surface area contributed by atoms with Gasteiger partial charge in [-0.25, -0.2) is 4.68 Å². The Morgan fingerprint density at radius 1 is 1.30 bits per heavy atom. The predicted octanol–water partition coefficient (Wildman–Crippen LogP) is 4.51. The van der Waals surface area contributed by atoms with Crippen molar-refractivity contribution in [3.63, 3.8) is 0 Å². The molecule has 1 aromatic heterocycles. The second kappa shape index (κ2) is 9.37. The molecule has 0 aliphatic heterocycles. The lowest BCUT2D eigenvalue weighted by molar-refractivity contribution is 0.395. The van der Waals surface area contributed by atoms with Gasteiger partial charge in [0, 0.05) is 23.2 Å². The summed E-state index contributed by atoms with van der Waals surface area (Å²) in [6, 6.07) is 5.80. The lowest BCUT2D eigenvalue weighted by Crippen LogP contribution is -2.14. The van der Waals surface area contributed by atoms with E-state index in [1.54, 1.807) is 31.6 Å². The topological polar surface area (TPSA) is 48.1 Å². The van der Waals surface area contributed by atoms with Crippen molar-refractivity contribution in [3.8, 4) is 22.8 Å². The molecule has 3 rings (SSSR count). The van der Waals surface area contributed by atoms with E-state index in [0.717, 1.165) is 46.8 Å². The molecule has 0 fully saturated rings. The predicted molar refractivity (Wildman–Crippen MR) is 112 cm³/mol. The Hall–Kier alpha value is -2.60. The second-order valence-electron chi connectivity index (χ2n) is 6.22. The van der Waals surface area contributed by atoms with E-state index in [2.05, 4.69) is 29.1 Å². The van der Waals surface area contributed by atoms with Crippen LogP contribution in [0, 0.1) is 5.92 Å². The second-order valence-corrected chi connectivity index (χ2v) is 7.06. The summed E-state index contributed by atoms with van der Waals surface area (Å²) in [4.78, 5) is 5.43. The molecular formula is C21H25N3O2S. The van der Waals surface area contributed by atoms with Crippen molar-refractivity contribution >= 4 is 17.6 Å². The molecule has 27 heavy (non-hydrogen) atoms. The van der Waals surface area contributed by atoms with Crippen molar-refractivity contribution in [2.75, 3.05) is 20.8 Å². The van der Waals surface area contributed by atoms with Gasteiger partial charge in [0.05, 0.1) is 26.5 Å². The molecule has 6 heteroatoms. The van der Waals surface area contributed by atoms with Gasteiger partial charge in [0.2, 0.25) is 4.80 Å². The summed E-state index contributed by atoms with van der Waals surface area (Å²) in [5.74, 6) is 1.96. The Labute approximate surface area is 164 Å². The molecule has 0 bridgehead atoms. The number of aromatic nitrogens is 1. The van der Waals surface area contributed by atoms with Crippen molar-refractivity contribution in [2.45, 2.75) is 19.3 Å². The first-order chi connectivity index (χ1) is 13.3. The molecule has 0 saturated carbocycles. The van der Waals surface area contributed by atoms with E-state index >= 15 is 0 Å². The van der Waals surface area contributed by atoms with Crippen molar-refractivity contribution in [2.24, 2.45) is 16.0 Å². The quantitative estimate of drug-likeness (QED) is 0.522. The van der Waals surface area contributed by atoms with Gasteiger partial charge in [-0.2, -0.15) is 5.10 Å². The minimum Gasteiger partial charge on any atom is -0.497 e. The largest absolute Gasteiger partial charge is 0.497 e. The van der Waals surface area contributed by atoms with Crippen LogP contribution in [0.3, 0.4) is 0 Å². The maximum absolute atomic E-state index is 5.59. The minimum atomic E-state index is 0.459. The molecule has 1 atom stereocenters. The zero-order chi connectivity index (χ0) is 19.1. The number of rotatable bonds is 7. The smallest absolute Gasteiger partial charge is 0.206 e. The SMILES string of the molecule is C=CCN=c1scc(-c2ccc(OC)cc2OC)n1N=CC1CC=CCC1. The molecule has 2 aromatic rings. The molecular weight excluding hydrogens is 358 g/mol. The third-order valence-electron chi connectivity index (χ3n) is 4.43. The van der Waals surface area contributed by atoms with Crippen molar-refractivity contribution in [1.82, 2.24) is 4.68 Å². The van der Waals surface area contributed by atoms with E-state index in [9.17, 15) is 0 Å². The fraction of sp³-hybridized carbons (Fsp3) is 0.333. The Kier molecular flexibility index (Phi) is 6.65. The molecule has 0 saturated heterocycles. The number of hydrogen-bond donors (Lipinski definition) is 0. The van der Waals surface area contributed by atoms with Crippen LogP contribution in [0.5, 0.6) is 11.5 Å².